The Bertz CT molecular complexity index is 1250. The van der Waals surface area contributed by atoms with Crippen LogP contribution < -0.4 is 4.90 Å². The normalized spacial score (nSPS) is 18.5. The summed E-state index contributed by atoms with van der Waals surface area (Å²) in [6.07, 6.45) is 7.55. The van der Waals surface area contributed by atoms with E-state index < -0.39 is 17.7 Å². The van der Waals surface area contributed by atoms with E-state index in [1.165, 1.54) is 11.0 Å². The molecular formula is C23H21F2N5O2. The minimum absolute atomic E-state index is 0.0681. The summed E-state index contributed by atoms with van der Waals surface area (Å²) in [4.78, 5) is 38.6. The maximum atomic E-state index is 14.1. The largest absolute Gasteiger partial charge is 0.346 e. The molecule has 1 aliphatic carbocycles. The number of aromatic amines is 1. The Kier molecular flexibility index (Phi) is 4.96. The van der Waals surface area contributed by atoms with Gasteiger partial charge in [-0.15, -0.1) is 0 Å². The number of aromatic nitrogens is 3. The first-order valence-electron chi connectivity index (χ1n) is 10.5. The van der Waals surface area contributed by atoms with Gasteiger partial charge in [0.15, 0.2) is 5.82 Å². The van der Waals surface area contributed by atoms with Gasteiger partial charge >= 0.3 is 0 Å². The average molecular weight is 437 g/mol. The Morgan fingerprint density at radius 3 is 2.84 bits per heavy atom. The molecule has 1 fully saturated rings. The summed E-state index contributed by atoms with van der Waals surface area (Å²) in [5, 5.41) is 0.926. The molecule has 0 spiro atoms. The topological polar surface area (TPSA) is 82.2 Å². The molecule has 2 aliphatic rings. The lowest BCUT2D eigenvalue weighted by Gasteiger charge is -2.32. The summed E-state index contributed by atoms with van der Waals surface area (Å²) in [5.41, 5.74) is 2.32. The molecule has 0 aromatic carbocycles. The van der Waals surface area contributed by atoms with Crippen molar-refractivity contribution in [3.05, 3.63) is 59.6 Å². The van der Waals surface area contributed by atoms with E-state index in [1.54, 1.807) is 11.1 Å². The molecule has 1 N–H and O–H groups in total. The highest BCUT2D eigenvalue weighted by atomic mass is 19.2. The highest BCUT2D eigenvalue weighted by Gasteiger charge is 2.32. The first-order valence-corrected chi connectivity index (χ1v) is 10.5. The van der Waals surface area contributed by atoms with E-state index in [0.29, 0.717) is 18.0 Å². The Morgan fingerprint density at radius 2 is 2.12 bits per heavy atom. The molecule has 2 amide bonds. The lowest BCUT2D eigenvalue weighted by Crippen LogP contribution is -2.38. The number of fused-ring (bicyclic) bond motifs is 1. The van der Waals surface area contributed by atoms with Gasteiger partial charge in [-0.05, 0) is 48.1 Å². The number of nitrogens with one attached hydrogen (secondary N) is 1. The van der Waals surface area contributed by atoms with E-state index in [0.717, 1.165) is 42.0 Å². The molecule has 3 aromatic rings. The van der Waals surface area contributed by atoms with Crippen molar-refractivity contribution in [1.29, 1.82) is 0 Å². The standard InChI is InChI=1S/C23H21F2N5O2/c1-13-11-29(23(32)17-5-7-26-21(25)20(17)24)9-6-15(13)18-10-19(30(12-31)14-2-3-14)28-22-16(18)4-8-27-22/h4-8,10,12-14H,2-3,9,11H2,1H3,(H,27,28)/t13-/m1/s1. The van der Waals surface area contributed by atoms with Crippen molar-refractivity contribution < 1.29 is 18.4 Å². The second-order valence-corrected chi connectivity index (χ2v) is 8.25. The maximum Gasteiger partial charge on any atom is 0.257 e. The van der Waals surface area contributed by atoms with Crippen LogP contribution in [-0.4, -0.2) is 51.3 Å². The smallest absolute Gasteiger partial charge is 0.257 e. The molecule has 164 valence electrons. The van der Waals surface area contributed by atoms with Crippen LogP contribution in [0.15, 0.2) is 36.7 Å². The monoisotopic (exact) mass is 437 g/mol. The van der Waals surface area contributed by atoms with Crippen molar-refractivity contribution in [3.8, 4) is 0 Å². The molecule has 32 heavy (non-hydrogen) atoms. The average Bonchev–Trinajstić information content (AvgIpc) is 3.50. The van der Waals surface area contributed by atoms with Crippen LogP contribution in [0.5, 0.6) is 0 Å². The zero-order valence-corrected chi connectivity index (χ0v) is 17.4. The number of amides is 2. The number of H-pyrrole nitrogens is 1. The van der Waals surface area contributed by atoms with Crippen molar-refractivity contribution in [2.75, 3.05) is 18.0 Å². The highest BCUT2D eigenvalue weighted by Crippen LogP contribution is 2.37. The second-order valence-electron chi connectivity index (χ2n) is 8.25. The van der Waals surface area contributed by atoms with E-state index >= 15 is 0 Å². The summed E-state index contributed by atoms with van der Waals surface area (Å²) >= 11 is 0. The Morgan fingerprint density at radius 1 is 1.31 bits per heavy atom. The Labute approximate surface area is 182 Å². The van der Waals surface area contributed by atoms with Crippen LogP contribution in [0.1, 0.15) is 35.7 Å². The minimum Gasteiger partial charge on any atom is -0.346 e. The number of anilines is 1. The van der Waals surface area contributed by atoms with Crippen LogP contribution in [0.2, 0.25) is 0 Å². The van der Waals surface area contributed by atoms with Gasteiger partial charge in [-0.3, -0.25) is 14.5 Å². The summed E-state index contributed by atoms with van der Waals surface area (Å²) in [7, 11) is 0. The van der Waals surface area contributed by atoms with Gasteiger partial charge in [0.25, 0.3) is 5.91 Å². The van der Waals surface area contributed by atoms with Gasteiger partial charge in [-0.1, -0.05) is 13.0 Å². The quantitative estimate of drug-likeness (QED) is 0.489. The fraction of sp³-hybridized carbons (Fsp3) is 0.304. The Hall–Kier alpha value is -3.62. The molecule has 0 radical (unpaired) electrons. The molecule has 5 rings (SSSR count). The van der Waals surface area contributed by atoms with E-state index in [1.807, 2.05) is 25.1 Å². The molecule has 3 aromatic heterocycles. The number of hydrogen-bond acceptors (Lipinski definition) is 4. The first kappa shape index (κ1) is 20.3. The fourth-order valence-corrected chi connectivity index (χ4v) is 4.28. The predicted octanol–water partition coefficient (Wildman–Crippen LogP) is 3.54. The zero-order chi connectivity index (χ0) is 22.4. The van der Waals surface area contributed by atoms with Crippen LogP contribution in [0, 0.1) is 17.7 Å². The van der Waals surface area contributed by atoms with Crippen molar-refractivity contribution in [3.63, 3.8) is 0 Å². The van der Waals surface area contributed by atoms with Gasteiger partial charge in [-0.2, -0.15) is 4.39 Å². The van der Waals surface area contributed by atoms with E-state index in [9.17, 15) is 18.4 Å². The third-order valence-corrected chi connectivity index (χ3v) is 6.07. The van der Waals surface area contributed by atoms with Crippen molar-refractivity contribution in [2.24, 2.45) is 5.92 Å². The summed E-state index contributed by atoms with van der Waals surface area (Å²) in [5.74, 6) is -2.57. The number of halogens is 2. The predicted molar refractivity (Wildman–Crippen MR) is 115 cm³/mol. The zero-order valence-electron chi connectivity index (χ0n) is 17.4. The van der Waals surface area contributed by atoms with Gasteiger partial charge in [0.1, 0.15) is 11.5 Å². The minimum atomic E-state index is -1.29. The molecule has 1 saturated carbocycles. The van der Waals surface area contributed by atoms with E-state index in [-0.39, 0.29) is 24.1 Å². The second kappa shape index (κ2) is 7.81. The maximum absolute atomic E-state index is 14.1. The number of nitrogens with zero attached hydrogens (tertiary/aromatic N) is 4. The number of hydrogen-bond donors (Lipinski definition) is 1. The lowest BCUT2D eigenvalue weighted by atomic mass is 9.89. The highest BCUT2D eigenvalue weighted by molar-refractivity contribution is 5.97. The molecule has 0 bridgehead atoms. The van der Waals surface area contributed by atoms with Gasteiger partial charge in [0, 0.05) is 36.9 Å². The van der Waals surface area contributed by atoms with Crippen LogP contribution in [0.3, 0.4) is 0 Å². The molecule has 9 heteroatoms. The molecule has 1 aliphatic heterocycles. The SMILES string of the molecule is C[C@@H]1CN(C(=O)c2ccnc(F)c2F)CC=C1c1cc(N(C=O)C2CC2)nc2[nH]ccc12. The van der Waals surface area contributed by atoms with Crippen LogP contribution >= 0.6 is 0 Å². The summed E-state index contributed by atoms with van der Waals surface area (Å²) < 4.78 is 27.5. The number of carbonyl (C=O) groups excluding carboxylic acids is 2. The fourth-order valence-electron chi connectivity index (χ4n) is 4.28. The van der Waals surface area contributed by atoms with Crippen molar-refractivity contribution in [1.82, 2.24) is 19.9 Å². The first-order chi connectivity index (χ1) is 15.5. The van der Waals surface area contributed by atoms with Crippen molar-refractivity contribution in [2.45, 2.75) is 25.8 Å². The Balaban J connectivity index is 1.49. The third-order valence-electron chi connectivity index (χ3n) is 6.07. The van der Waals surface area contributed by atoms with Crippen LogP contribution in [0.25, 0.3) is 16.6 Å². The van der Waals surface area contributed by atoms with Gasteiger partial charge < -0.3 is 9.88 Å². The number of carbonyl (C=O) groups is 2. The lowest BCUT2D eigenvalue weighted by molar-refractivity contribution is -0.107. The van der Waals surface area contributed by atoms with E-state index in [2.05, 4.69) is 15.0 Å². The van der Waals surface area contributed by atoms with Crippen molar-refractivity contribution >= 4 is 34.7 Å². The van der Waals surface area contributed by atoms with Crippen LogP contribution in [-0.2, 0) is 4.79 Å². The molecule has 0 saturated heterocycles. The van der Waals surface area contributed by atoms with Gasteiger partial charge in [-0.25, -0.2) is 14.4 Å². The van der Waals surface area contributed by atoms with Gasteiger partial charge in [0.05, 0.1) is 5.56 Å². The number of rotatable bonds is 5. The number of pyridine rings is 2. The van der Waals surface area contributed by atoms with Gasteiger partial charge in [0.2, 0.25) is 12.4 Å². The summed E-state index contributed by atoms with van der Waals surface area (Å²) in [6.45, 7) is 2.58. The molecular weight excluding hydrogens is 416 g/mol. The third kappa shape index (κ3) is 3.43. The molecule has 7 nitrogen and oxygen atoms in total. The van der Waals surface area contributed by atoms with Crippen LogP contribution in [0.4, 0.5) is 14.6 Å². The summed E-state index contributed by atoms with van der Waals surface area (Å²) in [6, 6.07) is 5.22. The van der Waals surface area contributed by atoms with E-state index in [4.69, 9.17) is 0 Å². The molecule has 1 atom stereocenters. The molecule has 4 heterocycles. The molecule has 0 unspecified atom stereocenters.